The molecule has 115 heavy (non-hydrogen) atoms. The first-order valence-electron chi connectivity index (χ1n) is 39.7. The lowest BCUT2D eigenvalue weighted by Gasteiger charge is -2.33. The Morgan fingerprint density at radius 1 is 0.530 bits per heavy atom. The highest BCUT2D eigenvalue weighted by atomic mass is 32.2. The number of hydrogen-bond acceptors (Lipinski definition) is 17. The van der Waals surface area contributed by atoms with Crippen LogP contribution in [0.3, 0.4) is 0 Å². The molecule has 21 nitrogen and oxygen atoms in total. The van der Waals surface area contributed by atoms with Crippen LogP contribution in [0.25, 0.3) is 5.70 Å². The second kappa shape index (κ2) is 49.4. The predicted octanol–water partition coefficient (Wildman–Crippen LogP) is 17.8. The number of ether oxygens (including phenoxy) is 5. The Morgan fingerprint density at radius 2 is 0.948 bits per heavy atom. The van der Waals surface area contributed by atoms with E-state index in [0.717, 1.165) is 130 Å². The minimum atomic E-state index is -5.84. The SMILES string of the molecule is C.C1CCOC1.C1CCOC1.CC1CC=C(OS(=O)(=O)C(F)(F)F)N(C(=O)OC(C)(C)C)C1.CC1CC=C(c2ccc(F)cc2)N(C(=O)OC(C)(C)C)C1.CC1CCC(=O)N(C(=O)OC(C)(C)C)C1.CC1CCC(=O)NC1.CC1CCC(c2ccc(F)cc2)=NC1.OB(O)c1ccc(F)cc1.[2H]C1(c2ccc(F)cc2)CCC(C)CN1. The van der Waals surface area contributed by atoms with Gasteiger partial charge in [-0.05, 0) is 270 Å². The molecule has 0 radical (unpaired) electrons. The number of rotatable bonds is 6. The van der Waals surface area contributed by atoms with E-state index in [1.165, 1.54) is 97.7 Å². The van der Waals surface area contributed by atoms with Crippen molar-refractivity contribution in [3.63, 3.8) is 0 Å². The number of carbonyl (C=O) groups is 5. The molecule has 0 aromatic heterocycles. The lowest BCUT2D eigenvalue weighted by Crippen LogP contribution is -2.45. The number of amides is 5. The smallest absolute Gasteiger partial charge is 0.443 e. The van der Waals surface area contributed by atoms with E-state index in [2.05, 4.69) is 47.5 Å². The summed E-state index contributed by atoms with van der Waals surface area (Å²) < 4.78 is 148. The molecule has 8 heterocycles. The Labute approximate surface area is 679 Å². The first-order chi connectivity index (χ1) is 53.6. The molecule has 0 spiro atoms. The van der Waals surface area contributed by atoms with Crippen molar-refractivity contribution in [2.24, 2.45) is 40.5 Å². The van der Waals surface area contributed by atoms with Gasteiger partial charge in [0.05, 0.1) is 7.07 Å². The van der Waals surface area contributed by atoms with Crippen LogP contribution in [0.2, 0.25) is 0 Å². The number of likely N-dealkylation sites (tertiary alicyclic amines) is 1. The van der Waals surface area contributed by atoms with E-state index in [0.29, 0.717) is 54.6 Å². The Hall–Kier alpha value is -7.90. The summed E-state index contributed by atoms with van der Waals surface area (Å²) in [6, 6.07) is 23.3. The summed E-state index contributed by atoms with van der Waals surface area (Å²) in [5.74, 6) is 0.984. The van der Waals surface area contributed by atoms with Gasteiger partial charge in [-0.25, -0.2) is 41.7 Å². The predicted molar refractivity (Wildman–Crippen MR) is 435 cm³/mol. The minimum absolute atomic E-state index is 0. The minimum Gasteiger partial charge on any atom is -0.443 e. The first-order valence-corrected chi connectivity index (χ1v) is 40.6. The summed E-state index contributed by atoms with van der Waals surface area (Å²) in [5.41, 5.74) is -2.57. The molecule has 0 aliphatic carbocycles. The van der Waals surface area contributed by atoms with Crippen molar-refractivity contribution in [1.82, 2.24) is 25.3 Å². The van der Waals surface area contributed by atoms with Crippen LogP contribution in [0, 0.1) is 58.8 Å². The molecule has 8 aliphatic rings. The molecule has 5 fully saturated rings. The van der Waals surface area contributed by atoms with Crippen molar-refractivity contribution in [3.8, 4) is 0 Å². The number of allylic oxidation sites excluding steroid dienone is 2. The first kappa shape index (κ1) is 99.5. The summed E-state index contributed by atoms with van der Waals surface area (Å²) >= 11 is 0. The second-order valence-corrected chi connectivity index (χ2v) is 34.1. The number of piperidine rings is 3. The van der Waals surface area contributed by atoms with Crippen LogP contribution < -0.4 is 16.1 Å². The summed E-state index contributed by atoms with van der Waals surface area (Å²) in [4.78, 5) is 66.2. The maximum absolute atomic E-state index is 13.1. The third kappa shape index (κ3) is 40.7. The van der Waals surface area contributed by atoms with E-state index >= 15 is 0 Å². The highest BCUT2D eigenvalue weighted by molar-refractivity contribution is 7.87. The summed E-state index contributed by atoms with van der Waals surface area (Å²) in [6.45, 7) is 35.8. The molecule has 5 amide bonds. The van der Waals surface area contributed by atoms with Gasteiger partial charge in [0, 0.05) is 83.7 Å². The molecule has 4 N–H and O–H groups in total. The fourth-order valence-electron chi connectivity index (χ4n) is 11.4. The van der Waals surface area contributed by atoms with Gasteiger partial charge in [0.1, 0.15) is 40.1 Å². The Kier molecular flexibility index (Phi) is 42.7. The monoisotopic (exact) mass is 1650 g/mol. The Bertz CT molecular complexity index is 3810. The molecule has 8 aliphatic heterocycles. The van der Waals surface area contributed by atoms with E-state index in [4.69, 9.17) is 35.1 Å². The van der Waals surface area contributed by atoms with E-state index in [-0.39, 0.29) is 67.5 Å². The van der Waals surface area contributed by atoms with Gasteiger partial charge >= 0.3 is 41.0 Å². The number of alkyl halides is 3. The van der Waals surface area contributed by atoms with Crippen molar-refractivity contribution >= 4 is 64.2 Å². The van der Waals surface area contributed by atoms with Gasteiger partial charge in [-0.15, -0.1) is 0 Å². The van der Waals surface area contributed by atoms with Crippen LogP contribution in [-0.4, -0.2) is 164 Å². The molecule has 12 rings (SSSR count). The van der Waals surface area contributed by atoms with Crippen LogP contribution in [-0.2, 0) is 47.6 Å². The Balaban J connectivity index is 0.000000348. The molecule has 5 saturated heterocycles. The van der Waals surface area contributed by atoms with Gasteiger partial charge in [0.2, 0.25) is 17.7 Å². The number of nitrogens with one attached hydrogen (secondary N) is 2. The zero-order chi connectivity index (χ0) is 86.1. The second-order valence-electron chi connectivity index (χ2n) is 32.6. The molecule has 644 valence electrons. The van der Waals surface area contributed by atoms with Crippen molar-refractivity contribution < 1.29 is 102 Å². The van der Waals surface area contributed by atoms with Crippen LogP contribution in [0.4, 0.5) is 45.1 Å². The summed E-state index contributed by atoms with van der Waals surface area (Å²) in [6.07, 6.45) is 14.7. The summed E-state index contributed by atoms with van der Waals surface area (Å²) in [7, 11) is -7.36. The van der Waals surface area contributed by atoms with E-state index < -0.39 is 63.6 Å². The molecule has 30 heteroatoms. The largest absolute Gasteiger partial charge is 0.534 e. The van der Waals surface area contributed by atoms with E-state index in [1.54, 1.807) is 77.6 Å². The van der Waals surface area contributed by atoms with Crippen LogP contribution in [0.1, 0.15) is 225 Å². The molecular weight excluding hydrogens is 1520 g/mol. The van der Waals surface area contributed by atoms with Gasteiger partial charge in [0.15, 0.2) is 0 Å². The van der Waals surface area contributed by atoms with Crippen molar-refractivity contribution in [3.05, 3.63) is 155 Å². The maximum Gasteiger partial charge on any atom is 0.534 e. The van der Waals surface area contributed by atoms with Crippen molar-refractivity contribution in [1.29, 1.82) is 0 Å². The quantitative estimate of drug-likeness (QED) is 0.0460. The van der Waals surface area contributed by atoms with E-state index in [9.17, 15) is 63.1 Å². The van der Waals surface area contributed by atoms with Gasteiger partial charge < -0.3 is 48.5 Å². The highest BCUT2D eigenvalue weighted by Gasteiger charge is 2.50. The topological polar surface area (TPSA) is 261 Å². The lowest BCUT2D eigenvalue weighted by atomic mass is 9.80. The molecule has 4 aromatic rings. The number of hydrogen-bond donors (Lipinski definition) is 4. The van der Waals surface area contributed by atoms with Gasteiger partial charge in [-0.2, -0.15) is 21.6 Å². The van der Waals surface area contributed by atoms with Crippen molar-refractivity contribution in [2.75, 3.05) is 65.7 Å². The number of nitrogens with zero attached hydrogens (tertiary/aromatic N) is 4. The summed E-state index contributed by atoms with van der Waals surface area (Å²) in [5, 5.41) is 23.1. The maximum atomic E-state index is 13.1. The Morgan fingerprint density at radius 3 is 1.36 bits per heavy atom. The standard InChI is InChI=1S/C17H22FNO2.C12H18F3NO5S.C12H16FN.C12H14FN.C11H19NO3.C6H6BFO2.C6H11NO.2C4H8O.CH4/c1-12-5-10-15(13-6-8-14(18)9-7-13)19(11-12)16(20)21-17(2,3)4;1-8-5-6-9(21-22(18,19)12(13,14)15)16(7-8)10(17)20-11(2,3)4;2*1-9-2-7-12(14-8-9)10-3-5-11(13)6-4-10;1-8-5-6-9(13)12(7-8)10(14)15-11(2,3)4;8-6-3-1-5(2-4-6)7(9)10;1-5-2-3-6(8)7-4-5;2*1-2-4-5-3-1;/h6-10,12H,5,11H2,1-4H3;6,8H,5,7H2,1-4H3;3-6,9,12,14H,2,7-8H2,1H3;3-6,9H,2,7-8H2,1H3;8H,5-7H2,1-4H3;1-4,9-10H;5H,2-4H2,1H3,(H,7,8);2*1-4H2;1H4/i;;12D;;;;;;;. The normalized spacial score (nSPS) is 22.1. The zero-order valence-corrected chi connectivity index (χ0v) is 69.8. The molecular formula is C85H126BF7N6O15S. The molecule has 0 saturated carbocycles. The van der Waals surface area contributed by atoms with Crippen molar-refractivity contribution in [2.45, 2.75) is 230 Å². The van der Waals surface area contributed by atoms with Gasteiger partial charge in [0.25, 0.3) is 0 Å². The zero-order valence-electron chi connectivity index (χ0n) is 69.9. The van der Waals surface area contributed by atoms with Gasteiger partial charge in [-0.1, -0.05) is 91.4 Å². The number of halogens is 7. The molecule has 7 unspecified atom stereocenters. The highest BCUT2D eigenvalue weighted by Crippen LogP contribution is 2.33. The lowest BCUT2D eigenvalue weighted by molar-refractivity contribution is -0.133. The fraction of sp³-hybridized carbons (Fsp3) is 0.600. The number of carbonyl (C=O) groups excluding carboxylic acids is 5. The average Bonchev–Trinajstić information content (AvgIpc) is 1.17. The molecule has 4 aromatic carbocycles. The van der Waals surface area contributed by atoms with Gasteiger partial charge in [-0.3, -0.25) is 19.5 Å². The van der Waals surface area contributed by atoms with Crippen LogP contribution in [0.15, 0.2) is 120 Å². The third-order valence-electron chi connectivity index (χ3n) is 17.8. The fourth-order valence-corrected chi connectivity index (χ4v) is 11.9. The number of aliphatic imine (C=N–C) groups is 1. The van der Waals surface area contributed by atoms with E-state index in [1.807, 2.05) is 45.9 Å². The number of imide groups is 1. The van der Waals surface area contributed by atoms with Crippen LogP contribution >= 0.6 is 0 Å². The third-order valence-corrected chi connectivity index (χ3v) is 18.7. The van der Waals surface area contributed by atoms with Crippen LogP contribution in [0.5, 0.6) is 0 Å². The molecule has 7 atom stereocenters. The average molecular weight is 1650 g/mol. The molecule has 0 bridgehead atoms. The number of benzene rings is 4.